The van der Waals surface area contributed by atoms with E-state index in [1.54, 1.807) is 0 Å². The van der Waals surface area contributed by atoms with Gasteiger partial charge in [0.25, 0.3) is 0 Å². The summed E-state index contributed by atoms with van der Waals surface area (Å²) in [5.74, 6) is 0. The summed E-state index contributed by atoms with van der Waals surface area (Å²) in [6, 6.07) is 0. The Morgan fingerprint density at radius 1 is 1.18 bits per heavy atom. The maximum Gasteiger partial charge on any atom is 0.0928 e. The first-order valence-electron chi connectivity index (χ1n) is 6.69. The molecular weight excluding hydrogens is 230 g/mol. The number of rotatable bonds is 5. The van der Waals surface area contributed by atoms with E-state index in [2.05, 4.69) is 29.0 Å². The molecule has 0 bridgehead atoms. The van der Waals surface area contributed by atoms with E-state index in [-0.39, 0.29) is 0 Å². The molecule has 0 radical (unpaired) electrons. The maximum atomic E-state index is 4.70. The van der Waals surface area contributed by atoms with Gasteiger partial charge < -0.3 is 4.90 Å². The number of aryl methyl sites for hydroxylation is 1. The van der Waals surface area contributed by atoms with E-state index in [9.17, 15) is 0 Å². The lowest BCUT2D eigenvalue weighted by Gasteiger charge is -2.33. The van der Waals surface area contributed by atoms with Crippen molar-refractivity contribution >= 4 is 11.3 Å². The van der Waals surface area contributed by atoms with Gasteiger partial charge in [-0.15, -0.1) is 11.3 Å². The van der Waals surface area contributed by atoms with Gasteiger partial charge >= 0.3 is 0 Å². The van der Waals surface area contributed by atoms with Gasteiger partial charge in [-0.05, 0) is 19.4 Å². The maximum absolute atomic E-state index is 4.70. The van der Waals surface area contributed by atoms with Gasteiger partial charge in [0.15, 0.2) is 0 Å². The molecule has 96 valence electrons. The third kappa shape index (κ3) is 3.76. The topological polar surface area (TPSA) is 19.4 Å². The van der Waals surface area contributed by atoms with Crippen molar-refractivity contribution in [2.75, 3.05) is 32.7 Å². The highest BCUT2D eigenvalue weighted by Crippen LogP contribution is 2.14. The predicted molar refractivity (Wildman–Crippen MR) is 73.5 cm³/mol. The molecule has 0 amide bonds. The zero-order valence-corrected chi connectivity index (χ0v) is 11.8. The van der Waals surface area contributed by atoms with Gasteiger partial charge in [-0.25, -0.2) is 4.98 Å². The third-order valence-electron chi connectivity index (χ3n) is 3.36. The van der Waals surface area contributed by atoms with Crippen LogP contribution >= 0.6 is 11.3 Å². The molecule has 1 aromatic heterocycles. The summed E-state index contributed by atoms with van der Waals surface area (Å²) in [5, 5.41) is 3.53. The van der Waals surface area contributed by atoms with Gasteiger partial charge in [0.2, 0.25) is 0 Å². The highest BCUT2D eigenvalue weighted by Gasteiger charge is 2.16. The lowest BCUT2D eigenvalue weighted by Crippen LogP contribution is -2.45. The molecule has 0 aromatic carbocycles. The molecule has 17 heavy (non-hydrogen) atoms. The van der Waals surface area contributed by atoms with E-state index in [1.807, 2.05) is 11.3 Å². The number of nitrogens with zero attached hydrogens (tertiary/aromatic N) is 3. The number of aromatic nitrogens is 1. The van der Waals surface area contributed by atoms with Gasteiger partial charge in [-0.1, -0.05) is 13.8 Å². The number of hydrogen-bond acceptors (Lipinski definition) is 4. The molecule has 1 aliphatic heterocycles. The second kappa shape index (κ2) is 6.47. The number of likely N-dealkylation sites (N-methyl/N-ethyl adjacent to an activating group) is 1. The fourth-order valence-electron chi connectivity index (χ4n) is 2.24. The van der Waals surface area contributed by atoms with E-state index in [0.29, 0.717) is 0 Å². The van der Waals surface area contributed by atoms with E-state index >= 15 is 0 Å². The fraction of sp³-hybridized carbons (Fsp3) is 0.769. The van der Waals surface area contributed by atoms with Crippen LogP contribution in [0.1, 0.15) is 31.0 Å². The van der Waals surface area contributed by atoms with Crippen molar-refractivity contribution in [3.63, 3.8) is 0 Å². The SMILES string of the molecule is CCCc1nc(CN2CCN(CC)CC2)cs1. The summed E-state index contributed by atoms with van der Waals surface area (Å²) in [6.45, 7) is 11.5. The zero-order chi connectivity index (χ0) is 12.1. The van der Waals surface area contributed by atoms with E-state index < -0.39 is 0 Å². The summed E-state index contributed by atoms with van der Waals surface area (Å²) in [7, 11) is 0. The van der Waals surface area contributed by atoms with Crippen molar-refractivity contribution in [2.24, 2.45) is 0 Å². The Kier molecular flexibility index (Phi) is 4.95. The second-order valence-corrected chi connectivity index (χ2v) is 5.64. The highest BCUT2D eigenvalue weighted by atomic mass is 32.1. The molecule has 2 heterocycles. The van der Waals surface area contributed by atoms with E-state index in [1.165, 1.54) is 49.8 Å². The number of hydrogen-bond donors (Lipinski definition) is 0. The van der Waals surface area contributed by atoms with E-state index in [0.717, 1.165) is 13.0 Å². The molecule has 3 nitrogen and oxygen atoms in total. The van der Waals surface area contributed by atoms with Gasteiger partial charge in [0.1, 0.15) is 0 Å². The summed E-state index contributed by atoms with van der Waals surface area (Å²) in [5.41, 5.74) is 1.27. The molecule has 0 spiro atoms. The Morgan fingerprint density at radius 3 is 2.53 bits per heavy atom. The smallest absolute Gasteiger partial charge is 0.0928 e. The average molecular weight is 253 g/mol. The Morgan fingerprint density at radius 2 is 1.88 bits per heavy atom. The summed E-state index contributed by atoms with van der Waals surface area (Å²) in [6.07, 6.45) is 2.33. The van der Waals surface area contributed by atoms with Crippen LogP contribution < -0.4 is 0 Å². The minimum Gasteiger partial charge on any atom is -0.301 e. The first-order chi connectivity index (χ1) is 8.31. The largest absolute Gasteiger partial charge is 0.301 e. The minimum atomic E-state index is 1.04. The molecule has 1 aromatic rings. The van der Waals surface area contributed by atoms with Crippen LogP contribution in [0.3, 0.4) is 0 Å². The Labute approximate surface area is 108 Å². The monoisotopic (exact) mass is 253 g/mol. The van der Waals surface area contributed by atoms with Gasteiger partial charge in [-0.2, -0.15) is 0 Å². The normalized spacial score (nSPS) is 18.7. The number of piperazine rings is 1. The molecule has 4 heteroatoms. The summed E-state index contributed by atoms with van der Waals surface area (Å²) >= 11 is 1.82. The van der Waals surface area contributed by atoms with Crippen LogP contribution in [0.25, 0.3) is 0 Å². The van der Waals surface area contributed by atoms with Crippen molar-refractivity contribution < 1.29 is 0 Å². The molecular formula is C13H23N3S. The highest BCUT2D eigenvalue weighted by molar-refractivity contribution is 7.09. The van der Waals surface area contributed by atoms with Crippen LogP contribution in [-0.2, 0) is 13.0 Å². The lowest BCUT2D eigenvalue weighted by molar-refractivity contribution is 0.131. The van der Waals surface area contributed by atoms with Crippen molar-refractivity contribution in [2.45, 2.75) is 33.2 Å². The minimum absolute atomic E-state index is 1.04. The molecule has 2 rings (SSSR count). The Balaban J connectivity index is 1.80. The molecule has 0 saturated carbocycles. The molecule has 1 saturated heterocycles. The second-order valence-electron chi connectivity index (χ2n) is 4.69. The first kappa shape index (κ1) is 13.0. The van der Waals surface area contributed by atoms with Crippen LogP contribution in [0.2, 0.25) is 0 Å². The molecule has 1 aliphatic rings. The Bertz CT molecular complexity index is 329. The van der Waals surface area contributed by atoms with Crippen LogP contribution in [-0.4, -0.2) is 47.5 Å². The average Bonchev–Trinajstić information content (AvgIpc) is 2.78. The van der Waals surface area contributed by atoms with Crippen LogP contribution in [0.4, 0.5) is 0 Å². The van der Waals surface area contributed by atoms with Crippen molar-refractivity contribution in [1.82, 2.24) is 14.8 Å². The zero-order valence-electron chi connectivity index (χ0n) is 11.0. The van der Waals surface area contributed by atoms with Gasteiger partial charge in [0, 0.05) is 38.1 Å². The standard InChI is InChI=1S/C13H23N3S/c1-3-5-13-14-12(11-17-13)10-16-8-6-15(4-2)7-9-16/h11H,3-10H2,1-2H3. The molecule has 0 aliphatic carbocycles. The van der Waals surface area contributed by atoms with Crippen LogP contribution in [0.5, 0.6) is 0 Å². The molecule has 0 unspecified atom stereocenters. The van der Waals surface area contributed by atoms with Crippen molar-refractivity contribution in [3.8, 4) is 0 Å². The van der Waals surface area contributed by atoms with Crippen molar-refractivity contribution in [1.29, 1.82) is 0 Å². The number of thiazole rings is 1. The third-order valence-corrected chi connectivity index (χ3v) is 4.32. The summed E-state index contributed by atoms with van der Waals surface area (Å²) < 4.78 is 0. The van der Waals surface area contributed by atoms with Crippen LogP contribution in [0.15, 0.2) is 5.38 Å². The first-order valence-corrected chi connectivity index (χ1v) is 7.57. The quantitative estimate of drug-likeness (QED) is 0.802. The fourth-order valence-corrected chi connectivity index (χ4v) is 3.13. The molecule has 0 atom stereocenters. The van der Waals surface area contributed by atoms with Crippen LogP contribution in [0, 0.1) is 0 Å². The molecule has 0 N–H and O–H groups in total. The Hall–Kier alpha value is -0.450. The van der Waals surface area contributed by atoms with Gasteiger partial charge in [-0.3, -0.25) is 4.90 Å². The molecule has 1 fully saturated rings. The predicted octanol–water partition coefficient (Wildman–Crippen LogP) is 2.23. The van der Waals surface area contributed by atoms with E-state index in [4.69, 9.17) is 4.98 Å². The van der Waals surface area contributed by atoms with Gasteiger partial charge in [0.05, 0.1) is 10.7 Å². The summed E-state index contributed by atoms with van der Waals surface area (Å²) in [4.78, 5) is 9.74. The lowest BCUT2D eigenvalue weighted by atomic mass is 10.3. The van der Waals surface area contributed by atoms with Crippen molar-refractivity contribution in [3.05, 3.63) is 16.1 Å².